The van der Waals surface area contributed by atoms with Crippen molar-refractivity contribution in [3.05, 3.63) is 71.2 Å². The number of carbonyl (C=O) groups is 2. The molecule has 0 saturated carbocycles. The van der Waals surface area contributed by atoms with Gasteiger partial charge in [0.15, 0.2) is 24.3 Å². The van der Waals surface area contributed by atoms with Crippen molar-refractivity contribution < 1.29 is 48.6 Å². The van der Waals surface area contributed by atoms with Crippen LogP contribution >= 0.6 is 11.8 Å². The second-order valence-corrected chi connectivity index (χ2v) is 25.4. The number of guanidine groups is 1. The van der Waals surface area contributed by atoms with Gasteiger partial charge in [-0.3, -0.25) is 19.6 Å². The summed E-state index contributed by atoms with van der Waals surface area (Å²) >= 11 is 12.4. The minimum Gasteiger partial charge on any atom is -0.508 e. The molecule has 4 heterocycles. The van der Waals surface area contributed by atoms with E-state index in [-0.39, 0.29) is 72.1 Å². The molecule has 20 heteroatoms. The number of ether oxygens (including phenoxy) is 5. The highest BCUT2D eigenvalue weighted by atomic mass is 33.1. The molecule has 0 bridgehead atoms. The van der Waals surface area contributed by atoms with E-state index in [0.717, 1.165) is 11.8 Å². The van der Waals surface area contributed by atoms with Crippen LogP contribution in [0.25, 0.3) is 21.8 Å². The lowest BCUT2D eigenvalue weighted by Crippen LogP contribution is -2.69. The third-order valence-electron chi connectivity index (χ3n) is 12.2. The fourth-order valence-corrected chi connectivity index (χ4v) is 11.0. The van der Waals surface area contributed by atoms with Crippen molar-refractivity contribution in [3.8, 4) is 29.4 Å². The Kier molecular flexibility index (Phi) is 16.0. The van der Waals surface area contributed by atoms with Crippen molar-refractivity contribution in [3.63, 3.8) is 0 Å². The van der Waals surface area contributed by atoms with Crippen LogP contribution in [0.5, 0.6) is 5.75 Å². The zero-order valence-electron chi connectivity index (χ0n) is 38.1. The van der Waals surface area contributed by atoms with Crippen molar-refractivity contribution in [2.45, 2.75) is 99.6 Å². The van der Waals surface area contributed by atoms with Gasteiger partial charge in [-0.25, -0.2) is 0 Å². The largest absolute Gasteiger partial charge is 0.508 e. The number of methoxy groups -OCH3 is 1. The second-order valence-electron chi connectivity index (χ2n) is 17.0. The Labute approximate surface area is 403 Å². The first-order valence-electron chi connectivity index (χ1n) is 21.6. The van der Waals surface area contributed by atoms with Gasteiger partial charge in [0.1, 0.15) is 34.5 Å². The molecule has 2 saturated heterocycles. The van der Waals surface area contributed by atoms with Crippen LogP contribution in [0.2, 0.25) is 0 Å². The molecule has 358 valence electrons. The number of benzene rings is 1. The Hall–Kier alpha value is -4.26. The highest BCUT2D eigenvalue weighted by Crippen LogP contribution is 2.46. The number of aliphatic imine (C=N–C) groups is 1. The Morgan fingerprint density at radius 2 is 1.97 bits per heavy atom. The molecule has 1 aromatic carbocycles. The van der Waals surface area contributed by atoms with Crippen molar-refractivity contribution in [2.75, 3.05) is 39.0 Å². The Morgan fingerprint density at radius 3 is 2.67 bits per heavy atom. The normalized spacial score (nSPS) is 31.5. The first-order chi connectivity index (χ1) is 31.9. The fourth-order valence-electron chi connectivity index (χ4n) is 9.03. The van der Waals surface area contributed by atoms with Gasteiger partial charge in [0.2, 0.25) is 5.78 Å². The molecule has 3 aromatic rings. The fraction of sp³-hybridized carbons (Fsp3) is 0.489. The second kappa shape index (κ2) is 21.2. The van der Waals surface area contributed by atoms with Crippen LogP contribution in [0.15, 0.2) is 70.5 Å². The average molecular weight is 993 g/mol. The number of carbonyl (C=O) groups excluding carboxylic acids is 2. The number of Topliss-reactive ketones (excluding diaryl/α,β-unsaturated/α-hetero) is 2. The highest BCUT2D eigenvalue weighted by molar-refractivity contribution is 8.56. The summed E-state index contributed by atoms with van der Waals surface area (Å²) in [5, 5.41) is 42.9. The van der Waals surface area contributed by atoms with Gasteiger partial charge < -0.3 is 60.4 Å². The number of pyridine rings is 1. The maximum absolute atomic E-state index is 15.4. The van der Waals surface area contributed by atoms with Gasteiger partial charge in [0, 0.05) is 66.9 Å². The molecule has 2 fully saturated rings. The maximum Gasteiger partial charge on any atom is 0.204 e. The van der Waals surface area contributed by atoms with Gasteiger partial charge in [0.05, 0.1) is 48.1 Å². The Bertz CT molecular complexity index is 2770. The molecule has 0 radical (unpaired) electrons. The average Bonchev–Trinajstić information content (AvgIpc) is 3.65. The molecule has 7 rings (SSSR count). The summed E-state index contributed by atoms with van der Waals surface area (Å²) in [6, 6.07) is 6.55. The number of aliphatic hydroxyl groups excluding tert-OH is 2. The molecule has 2 aromatic heterocycles. The standard InChI is InChI=1S/C47H56N6O10S4/c1-24(2)51-32-23-60-37(22-36(32)59-5)63-42-44(58)47(66-6,43(57)41-40-27(16-18-50-41)30-20-26(54)14-15-31(30)52-40)25(3)61-45(42)62-35-13-11-9-8-10-12-29-38(35)28(17-19-67(7,64)65)33(55)21-34(56)39(29)53-46(48)49-4/h8-9,14-18,20,24-25,32-33,35-38,42,44-45,51-52,54-55,58H,19,21-23H2,1-7H3,(H3,48,49,53)/b9-8-,28-17-/t25?,32?,33-,35-,36?,37?,38?,42?,44?,45?,47?/m0/s1. The molecular weight excluding hydrogens is 937 g/mol. The number of rotatable bonds is 13. The number of phenols is 1. The van der Waals surface area contributed by atoms with Crippen LogP contribution in [0.3, 0.4) is 0 Å². The van der Waals surface area contributed by atoms with E-state index >= 15 is 4.79 Å². The SMILES string of the molecule is CN=C(N)NC1=C2C#C/C=C\C#C[C@H](OC3OC(C)C(SC)(C(=O)c4nccc5c4[nH]c4ccc(O)cc45)C(O)C3OC3CC(OC)C(NC(C)C)CO3)C2/C(=C\CS(C)(=S)=S)[C@@H](O)CC1=O. The molecule has 9 unspecified atom stereocenters. The van der Waals surface area contributed by atoms with Gasteiger partial charge in [0.25, 0.3) is 0 Å². The first-order valence-corrected chi connectivity index (χ1v) is 26.9. The predicted molar refractivity (Wildman–Crippen MR) is 266 cm³/mol. The van der Waals surface area contributed by atoms with Crippen LogP contribution in [0.4, 0.5) is 0 Å². The number of hydrogen-bond donors (Lipinski definition) is 7. The number of nitrogens with one attached hydrogen (secondary N) is 3. The van der Waals surface area contributed by atoms with E-state index in [4.69, 9.17) is 51.8 Å². The van der Waals surface area contributed by atoms with Gasteiger partial charge in [-0.2, -0.15) is 0 Å². The van der Waals surface area contributed by atoms with Crippen LogP contribution in [-0.2, 0) is 58.0 Å². The Balaban J connectivity index is 1.36. The third kappa shape index (κ3) is 10.7. The molecule has 2 aliphatic carbocycles. The van der Waals surface area contributed by atoms with E-state index in [2.05, 4.69) is 49.3 Å². The van der Waals surface area contributed by atoms with E-state index in [1.165, 1.54) is 25.4 Å². The number of nitrogens with zero attached hydrogens (tertiary/aromatic N) is 2. The number of hydrogen-bond acceptors (Lipinski definition) is 16. The van der Waals surface area contributed by atoms with Crippen LogP contribution in [0.1, 0.15) is 44.1 Å². The monoisotopic (exact) mass is 992 g/mol. The molecule has 8 N–H and O–H groups in total. The maximum atomic E-state index is 15.4. The number of aliphatic hydroxyl groups is 2. The quantitative estimate of drug-likeness (QED) is 0.0429. The van der Waals surface area contributed by atoms with E-state index < -0.39 is 72.5 Å². The Morgan fingerprint density at radius 1 is 1.21 bits per heavy atom. The molecular formula is C47H56N6O10S4. The summed E-state index contributed by atoms with van der Waals surface area (Å²) in [5.41, 5.74) is 7.77. The number of nitrogens with two attached hydrogens (primary N) is 1. The lowest BCUT2D eigenvalue weighted by molar-refractivity contribution is -0.326. The van der Waals surface area contributed by atoms with E-state index in [9.17, 15) is 20.1 Å². The number of allylic oxidation sites excluding steroid dienone is 3. The van der Waals surface area contributed by atoms with Gasteiger partial charge in [-0.15, -0.1) is 11.8 Å². The number of ketones is 2. The molecule has 2 aliphatic heterocycles. The number of aromatic amines is 1. The molecule has 0 spiro atoms. The topological polar surface area (TPSA) is 232 Å². The number of phenolic OH excluding ortho intramolecular Hbond substituents is 1. The molecule has 67 heavy (non-hydrogen) atoms. The summed E-state index contributed by atoms with van der Waals surface area (Å²) in [7, 11) is 1.06. The van der Waals surface area contributed by atoms with Crippen molar-refractivity contribution >= 4 is 80.6 Å². The van der Waals surface area contributed by atoms with Gasteiger partial charge in [-0.1, -0.05) is 50.8 Å². The summed E-state index contributed by atoms with van der Waals surface area (Å²) < 4.78 is 31.0. The summed E-state index contributed by atoms with van der Waals surface area (Å²) in [4.78, 5) is 41.2. The summed E-state index contributed by atoms with van der Waals surface area (Å²) in [6.45, 7) is 5.90. The number of thioether (sulfide) groups is 1. The smallest absolute Gasteiger partial charge is 0.204 e. The summed E-state index contributed by atoms with van der Waals surface area (Å²) in [5.74, 6) is 10.3. The van der Waals surface area contributed by atoms with Crippen molar-refractivity contribution in [2.24, 2.45) is 16.6 Å². The van der Waals surface area contributed by atoms with Gasteiger partial charge in [-0.05, 0) is 83.8 Å². The minimum absolute atomic E-state index is 0.0157. The van der Waals surface area contributed by atoms with Crippen LogP contribution in [-0.4, -0.2) is 148 Å². The zero-order valence-corrected chi connectivity index (χ0v) is 41.4. The number of aromatic nitrogens is 2. The lowest BCUT2D eigenvalue weighted by atomic mass is 9.82. The van der Waals surface area contributed by atoms with Gasteiger partial charge >= 0.3 is 0 Å². The minimum atomic E-state index is -2.00. The van der Waals surface area contributed by atoms with Crippen molar-refractivity contribution in [1.82, 2.24) is 20.6 Å². The predicted octanol–water partition coefficient (Wildman–Crippen LogP) is 2.66. The first kappa shape index (κ1) is 50.6. The van der Waals surface area contributed by atoms with E-state index in [0.29, 0.717) is 27.4 Å². The van der Waals surface area contributed by atoms with Crippen molar-refractivity contribution in [1.29, 1.82) is 0 Å². The molecule has 16 nitrogen and oxygen atoms in total. The molecule has 11 atom stereocenters. The number of H-pyrrole nitrogens is 1. The van der Waals surface area contributed by atoms with Crippen LogP contribution in [0, 0.1) is 29.6 Å². The zero-order chi connectivity index (χ0) is 48.4. The number of fused-ring (bicyclic) bond motifs is 4. The molecule has 0 amide bonds. The van der Waals surface area contributed by atoms with Crippen LogP contribution < -0.4 is 16.4 Å². The third-order valence-corrected chi connectivity index (χ3v) is 15.3. The highest BCUT2D eigenvalue weighted by Gasteiger charge is 2.61. The summed E-state index contributed by atoms with van der Waals surface area (Å²) in [6.07, 6.45) is -0.0260. The molecule has 4 aliphatic rings. The van der Waals surface area contributed by atoms with E-state index in [1.807, 2.05) is 13.8 Å². The van der Waals surface area contributed by atoms with E-state index in [1.54, 1.807) is 56.9 Å². The number of aromatic hydroxyl groups is 1. The lowest BCUT2D eigenvalue weighted by Gasteiger charge is -2.51.